The molecule has 1 aromatic carbocycles. The van der Waals surface area contributed by atoms with Gasteiger partial charge in [0.15, 0.2) is 0 Å². The normalized spacial score (nSPS) is 14.3. The second-order valence-corrected chi connectivity index (χ2v) is 9.83. The fourth-order valence-electron chi connectivity index (χ4n) is 3.59. The highest BCUT2D eigenvalue weighted by Crippen LogP contribution is 2.45. The molecule has 5 rings (SSSR count). The monoisotopic (exact) mass is 425 g/mol. The quantitative estimate of drug-likeness (QED) is 0.455. The predicted molar refractivity (Wildman–Crippen MR) is 120 cm³/mol. The van der Waals surface area contributed by atoms with Gasteiger partial charge in [-0.05, 0) is 42.1 Å². The molecule has 4 heterocycles. The topological polar surface area (TPSA) is 45.2 Å². The molecule has 7 heteroatoms. The van der Waals surface area contributed by atoms with E-state index in [9.17, 15) is 4.79 Å². The van der Waals surface area contributed by atoms with Gasteiger partial charge < -0.3 is 5.32 Å². The van der Waals surface area contributed by atoms with Gasteiger partial charge >= 0.3 is 0 Å². The molecule has 0 saturated heterocycles. The van der Waals surface area contributed by atoms with E-state index in [1.54, 1.807) is 22.7 Å². The number of carbonyl (C=O) groups excluding carboxylic acids is 1. The predicted octanol–water partition coefficient (Wildman–Crippen LogP) is 5.72. The summed E-state index contributed by atoms with van der Waals surface area (Å²) in [6.07, 6.45) is 1.000. The van der Waals surface area contributed by atoms with Crippen molar-refractivity contribution in [2.24, 2.45) is 0 Å². The molecular weight excluding hydrogens is 406 g/mol. The van der Waals surface area contributed by atoms with Crippen LogP contribution < -0.4 is 5.32 Å². The van der Waals surface area contributed by atoms with E-state index < -0.39 is 0 Å². The van der Waals surface area contributed by atoms with E-state index >= 15 is 0 Å². The summed E-state index contributed by atoms with van der Waals surface area (Å²) in [7, 11) is 0. The van der Waals surface area contributed by atoms with Crippen molar-refractivity contribution in [3.63, 3.8) is 0 Å². The minimum absolute atomic E-state index is 0.0386. The fourth-order valence-corrected chi connectivity index (χ4v) is 6.61. The summed E-state index contributed by atoms with van der Waals surface area (Å²) >= 11 is 4.88. The van der Waals surface area contributed by atoms with Crippen LogP contribution in [-0.4, -0.2) is 28.9 Å². The first-order valence-corrected chi connectivity index (χ1v) is 11.8. The SMILES string of the molecule is CCN1CCc2c(sc(NC(=O)c3cccs3)c2-c2nc3ccccc3s2)C1. The first-order chi connectivity index (χ1) is 13.7. The van der Waals surface area contributed by atoms with E-state index in [0.717, 1.165) is 52.0 Å². The number of benzene rings is 1. The number of fused-ring (bicyclic) bond motifs is 2. The van der Waals surface area contributed by atoms with Crippen LogP contribution in [0.5, 0.6) is 0 Å². The third kappa shape index (κ3) is 3.18. The zero-order valence-electron chi connectivity index (χ0n) is 15.4. The Morgan fingerprint density at radius 1 is 1.21 bits per heavy atom. The molecule has 0 aliphatic carbocycles. The molecule has 0 unspecified atom stereocenters. The zero-order valence-corrected chi connectivity index (χ0v) is 17.8. The molecular formula is C21H19N3OS3. The Bertz CT molecular complexity index is 1110. The third-order valence-corrected chi connectivity index (χ3v) is 8.12. The Morgan fingerprint density at radius 2 is 2.11 bits per heavy atom. The van der Waals surface area contributed by atoms with Crippen molar-refractivity contribution in [2.75, 3.05) is 18.4 Å². The van der Waals surface area contributed by atoms with E-state index in [0.29, 0.717) is 0 Å². The lowest BCUT2D eigenvalue weighted by atomic mass is 10.0. The molecule has 142 valence electrons. The van der Waals surface area contributed by atoms with Crippen LogP contribution in [0.3, 0.4) is 0 Å². The van der Waals surface area contributed by atoms with Crippen LogP contribution in [0, 0.1) is 0 Å². The largest absolute Gasteiger partial charge is 0.312 e. The first-order valence-electron chi connectivity index (χ1n) is 9.30. The number of nitrogens with zero attached hydrogens (tertiary/aromatic N) is 2. The van der Waals surface area contributed by atoms with Gasteiger partial charge in [-0.25, -0.2) is 4.98 Å². The number of thiophene rings is 2. The van der Waals surface area contributed by atoms with Gasteiger partial charge in [0.1, 0.15) is 10.0 Å². The summed E-state index contributed by atoms with van der Waals surface area (Å²) < 4.78 is 1.18. The third-order valence-electron chi connectivity index (χ3n) is 5.06. The Kier molecular flexibility index (Phi) is 4.76. The Hall–Kier alpha value is -2.06. The molecule has 1 amide bonds. The molecule has 1 aliphatic heterocycles. The molecule has 0 atom stereocenters. The van der Waals surface area contributed by atoms with E-state index in [4.69, 9.17) is 4.98 Å². The van der Waals surface area contributed by atoms with Crippen molar-refractivity contribution < 1.29 is 4.79 Å². The van der Waals surface area contributed by atoms with Crippen molar-refractivity contribution in [3.8, 4) is 10.6 Å². The summed E-state index contributed by atoms with van der Waals surface area (Å²) in [5.41, 5.74) is 3.50. The molecule has 0 bridgehead atoms. The van der Waals surface area contributed by atoms with E-state index in [-0.39, 0.29) is 5.91 Å². The van der Waals surface area contributed by atoms with Gasteiger partial charge in [0, 0.05) is 23.5 Å². The highest BCUT2D eigenvalue weighted by Gasteiger charge is 2.27. The summed E-state index contributed by atoms with van der Waals surface area (Å²) in [5.74, 6) is -0.0386. The van der Waals surface area contributed by atoms with Crippen molar-refractivity contribution >= 4 is 55.1 Å². The lowest BCUT2D eigenvalue weighted by molar-refractivity contribution is 0.103. The molecule has 0 spiro atoms. The van der Waals surface area contributed by atoms with Crippen molar-refractivity contribution in [1.82, 2.24) is 9.88 Å². The Labute approximate surface area is 175 Å². The minimum Gasteiger partial charge on any atom is -0.312 e. The molecule has 4 aromatic rings. The van der Waals surface area contributed by atoms with Crippen LogP contribution in [0.15, 0.2) is 41.8 Å². The molecule has 28 heavy (non-hydrogen) atoms. The maximum atomic E-state index is 12.7. The standard InChI is InChI=1S/C21H19N3OS3/c1-2-24-10-9-13-17(12-24)28-21(23-19(25)16-8-5-11-26-16)18(13)20-22-14-6-3-4-7-15(14)27-20/h3-8,11H,2,9-10,12H2,1H3,(H,23,25). The van der Waals surface area contributed by atoms with Crippen LogP contribution in [0.2, 0.25) is 0 Å². The van der Waals surface area contributed by atoms with E-state index in [2.05, 4.69) is 29.3 Å². The summed E-state index contributed by atoms with van der Waals surface area (Å²) in [5, 5.41) is 7.05. The van der Waals surface area contributed by atoms with Crippen LogP contribution in [0.1, 0.15) is 27.0 Å². The first kappa shape index (κ1) is 18.0. The fraction of sp³-hybridized carbons (Fsp3) is 0.238. The number of likely N-dealkylation sites (N-methyl/N-ethyl adjacent to an activating group) is 1. The highest BCUT2D eigenvalue weighted by molar-refractivity contribution is 7.23. The second-order valence-electron chi connectivity index (χ2n) is 6.74. The summed E-state index contributed by atoms with van der Waals surface area (Å²) in [6.45, 7) is 5.25. The number of hydrogen-bond donors (Lipinski definition) is 1. The lowest BCUT2D eigenvalue weighted by Gasteiger charge is -2.25. The van der Waals surface area contributed by atoms with Gasteiger partial charge in [0.05, 0.1) is 15.1 Å². The lowest BCUT2D eigenvalue weighted by Crippen LogP contribution is -2.29. The molecule has 0 fully saturated rings. The summed E-state index contributed by atoms with van der Waals surface area (Å²) in [6, 6.07) is 12.0. The second kappa shape index (κ2) is 7.40. The molecule has 1 aliphatic rings. The maximum Gasteiger partial charge on any atom is 0.266 e. The number of anilines is 1. The number of carbonyl (C=O) groups is 1. The number of rotatable bonds is 4. The maximum absolute atomic E-state index is 12.7. The van der Waals surface area contributed by atoms with Gasteiger partial charge in [-0.2, -0.15) is 0 Å². The Balaban J connectivity index is 1.61. The van der Waals surface area contributed by atoms with Gasteiger partial charge in [0.25, 0.3) is 5.91 Å². The molecule has 4 nitrogen and oxygen atoms in total. The van der Waals surface area contributed by atoms with Crippen LogP contribution in [0.25, 0.3) is 20.8 Å². The van der Waals surface area contributed by atoms with Crippen molar-refractivity contribution in [3.05, 3.63) is 57.1 Å². The number of thiazole rings is 1. The van der Waals surface area contributed by atoms with E-state index in [1.165, 1.54) is 26.5 Å². The number of nitrogens with one attached hydrogen (secondary N) is 1. The Morgan fingerprint density at radius 3 is 2.89 bits per heavy atom. The number of para-hydroxylation sites is 1. The molecule has 0 saturated carbocycles. The van der Waals surface area contributed by atoms with Crippen molar-refractivity contribution in [1.29, 1.82) is 0 Å². The number of aromatic nitrogens is 1. The molecule has 3 aromatic heterocycles. The molecule has 1 N–H and O–H groups in total. The zero-order chi connectivity index (χ0) is 19.1. The van der Waals surface area contributed by atoms with Crippen LogP contribution in [0.4, 0.5) is 5.00 Å². The average Bonchev–Trinajstić information content (AvgIpc) is 3.44. The number of amides is 1. The van der Waals surface area contributed by atoms with Gasteiger partial charge in [-0.3, -0.25) is 9.69 Å². The van der Waals surface area contributed by atoms with Gasteiger partial charge in [-0.1, -0.05) is 25.1 Å². The smallest absolute Gasteiger partial charge is 0.266 e. The highest BCUT2D eigenvalue weighted by atomic mass is 32.1. The minimum atomic E-state index is -0.0386. The van der Waals surface area contributed by atoms with Gasteiger partial charge in [0.2, 0.25) is 0 Å². The van der Waals surface area contributed by atoms with Crippen molar-refractivity contribution in [2.45, 2.75) is 19.9 Å². The van der Waals surface area contributed by atoms with Crippen LogP contribution >= 0.6 is 34.0 Å². The molecule has 0 radical (unpaired) electrons. The number of hydrogen-bond acceptors (Lipinski definition) is 6. The van der Waals surface area contributed by atoms with Crippen LogP contribution in [-0.2, 0) is 13.0 Å². The summed E-state index contributed by atoms with van der Waals surface area (Å²) in [4.78, 5) is 22.2. The average molecular weight is 426 g/mol. The van der Waals surface area contributed by atoms with E-state index in [1.807, 2.05) is 29.6 Å². The van der Waals surface area contributed by atoms with Gasteiger partial charge in [-0.15, -0.1) is 34.0 Å².